The molecule has 2 aromatic heterocycles. The van der Waals surface area contributed by atoms with E-state index < -0.39 is 6.10 Å². The number of aliphatic hydroxyl groups is 1. The monoisotopic (exact) mass is 470 g/mol. The Hall–Kier alpha value is 0.310. The summed E-state index contributed by atoms with van der Waals surface area (Å²) < 4.78 is 4.90. The maximum absolute atomic E-state index is 10.4. The fourth-order valence-corrected chi connectivity index (χ4v) is 4.40. The van der Waals surface area contributed by atoms with E-state index >= 15 is 0 Å². The zero-order chi connectivity index (χ0) is 14.2. The van der Waals surface area contributed by atoms with Crippen LogP contribution in [0.3, 0.4) is 0 Å². The smallest absolute Gasteiger partial charge is 0.0938 e. The van der Waals surface area contributed by atoms with Crippen LogP contribution in [0.1, 0.15) is 29.3 Å². The van der Waals surface area contributed by atoms with Crippen molar-refractivity contribution in [3.8, 4) is 0 Å². The average Bonchev–Trinajstić information content (AvgIpc) is 2.84. The molecule has 19 heavy (non-hydrogen) atoms. The lowest BCUT2D eigenvalue weighted by Gasteiger charge is -2.10. The molecule has 104 valence electrons. The summed E-state index contributed by atoms with van der Waals surface area (Å²) in [5.74, 6) is 0. The fourth-order valence-electron chi connectivity index (χ4n) is 1.88. The summed E-state index contributed by atoms with van der Waals surface area (Å²) in [6.07, 6.45) is 0.0274. The first-order valence-corrected chi connectivity index (χ1v) is 8.98. The van der Waals surface area contributed by atoms with Gasteiger partial charge in [0.1, 0.15) is 0 Å². The lowest BCUT2D eigenvalue weighted by Crippen LogP contribution is -2.08. The Kier molecular flexibility index (Phi) is 5.28. The number of halogens is 3. The Labute approximate surface area is 141 Å². The molecule has 2 heterocycles. The lowest BCUT2D eigenvalue weighted by molar-refractivity contribution is 0.179. The normalized spacial score (nSPS) is 12.9. The first-order valence-electron chi connectivity index (χ1n) is 5.78. The third kappa shape index (κ3) is 3.32. The van der Waals surface area contributed by atoms with Gasteiger partial charge in [-0.2, -0.15) is 5.10 Å². The van der Waals surface area contributed by atoms with E-state index in [0.29, 0.717) is 6.42 Å². The average molecular weight is 473 g/mol. The Bertz CT molecular complexity index is 575. The van der Waals surface area contributed by atoms with Crippen molar-refractivity contribution in [1.29, 1.82) is 0 Å². The van der Waals surface area contributed by atoms with Gasteiger partial charge in [0.05, 0.1) is 25.8 Å². The maximum atomic E-state index is 10.4. The van der Waals surface area contributed by atoms with Gasteiger partial charge in [-0.1, -0.05) is 0 Å². The molecule has 0 aliphatic rings. The van der Waals surface area contributed by atoms with E-state index in [2.05, 4.69) is 52.9 Å². The van der Waals surface area contributed by atoms with Crippen LogP contribution in [0.2, 0.25) is 0 Å². The van der Waals surface area contributed by atoms with Crippen LogP contribution in [-0.2, 0) is 13.0 Å². The van der Waals surface area contributed by atoms with Crippen molar-refractivity contribution >= 4 is 59.1 Å². The van der Waals surface area contributed by atoms with Crippen molar-refractivity contribution in [2.45, 2.75) is 32.9 Å². The second-order valence-electron chi connectivity index (χ2n) is 4.15. The Morgan fingerprint density at radius 3 is 2.63 bits per heavy atom. The van der Waals surface area contributed by atoms with Gasteiger partial charge in [-0.25, -0.2) is 0 Å². The molecule has 0 amide bonds. The number of thiophene rings is 1. The van der Waals surface area contributed by atoms with Gasteiger partial charge in [0, 0.05) is 22.3 Å². The highest BCUT2D eigenvalue weighted by Gasteiger charge is 2.19. The van der Waals surface area contributed by atoms with Gasteiger partial charge in [0.15, 0.2) is 0 Å². The largest absolute Gasteiger partial charge is 0.387 e. The van der Waals surface area contributed by atoms with Crippen LogP contribution < -0.4 is 0 Å². The summed E-state index contributed by atoms with van der Waals surface area (Å²) in [4.78, 5) is 0.937. The molecule has 0 aliphatic heterocycles. The quantitative estimate of drug-likeness (QED) is 0.691. The number of nitrogens with zero attached hydrogens (tertiary/aromatic N) is 2. The van der Waals surface area contributed by atoms with Crippen molar-refractivity contribution in [2.75, 3.05) is 0 Å². The molecule has 0 spiro atoms. The number of aromatic nitrogens is 2. The molecule has 1 atom stereocenters. The number of hydrogen-bond acceptors (Lipinski definition) is 3. The summed E-state index contributed by atoms with van der Waals surface area (Å²) >= 11 is 12.0. The van der Waals surface area contributed by atoms with E-state index in [1.165, 1.54) is 0 Å². The minimum absolute atomic E-state index is 0.523. The highest BCUT2D eigenvalue weighted by Crippen LogP contribution is 2.37. The first-order chi connectivity index (χ1) is 8.93. The molecule has 7 heteroatoms. The van der Waals surface area contributed by atoms with Crippen LogP contribution in [0.15, 0.2) is 18.8 Å². The van der Waals surface area contributed by atoms with Gasteiger partial charge in [-0.05, 0) is 67.7 Å². The summed E-state index contributed by atoms with van der Waals surface area (Å²) in [5, 5.41) is 14.8. The van der Waals surface area contributed by atoms with E-state index in [1.807, 2.05) is 24.6 Å². The number of hydrogen-bond donors (Lipinski definition) is 1. The molecule has 1 unspecified atom stereocenters. The van der Waals surface area contributed by atoms with E-state index in [4.69, 9.17) is 0 Å². The SMILES string of the molecule is CCn1nc(C)c(Br)c1CC(O)c1cc(Br)c(Br)s1. The number of aryl methyl sites for hydroxylation is 2. The molecular formula is C12H13Br3N2OS. The Morgan fingerprint density at radius 2 is 2.11 bits per heavy atom. The molecule has 0 saturated heterocycles. The molecule has 0 aliphatic carbocycles. The molecular weight excluding hydrogens is 460 g/mol. The van der Waals surface area contributed by atoms with Crippen LogP contribution in [0.5, 0.6) is 0 Å². The van der Waals surface area contributed by atoms with Gasteiger partial charge in [-0.15, -0.1) is 11.3 Å². The minimum atomic E-state index is -0.523. The Morgan fingerprint density at radius 1 is 1.42 bits per heavy atom. The molecule has 3 nitrogen and oxygen atoms in total. The highest BCUT2D eigenvalue weighted by atomic mass is 79.9. The van der Waals surface area contributed by atoms with Crippen molar-refractivity contribution < 1.29 is 5.11 Å². The predicted molar refractivity (Wildman–Crippen MR) is 88.7 cm³/mol. The maximum Gasteiger partial charge on any atom is 0.0938 e. The van der Waals surface area contributed by atoms with Gasteiger partial charge in [0.25, 0.3) is 0 Å². The third-order valence-electron chi connectivity index (χ3n) is 2.83. The van der Waals surface area contributed by atoms with E-state index in [0.717, 1.165) is 35.5 Å². The number of aliphatic hydroxyl groups excluding tert-OH is 1. The second kappa shape index (κ2) is 6.39. The van der Waals surface area contributed by atoms with Gasteiger partial charge >= 0.3 is 0 Å². The number of rotatable bonds is 4. The van der Waals surface area contributed by atoms with Gasteiger partial charge in [-0.3, -0.25) is 4.68 Å². The van der Waals surface area contributed by atoms with Crippen LogP contribution in [-0.4, -0.2) is 14.9 Å². The van der Waals surface area contributed by atoms with Crippen LogP contribution in [0.25, 0.3) is 0 Å². The zero-order valence-electron chi connectivity index (χ0n) is 10.5. The standard InChI is InChI=1S/C12H13Br3N2OS/c1-3-17-8(11(14)6(2)16-17)5-9(18)10-4-7(13)12(15)19-10/h4,9,18H,3,5H2,1-2H3. The molecule has 0 bridgehead atoms. The molecule has 1 N–H and O–H groups in total. The molecule has 0 saturated carbocycles. The highest BCUT2D eigenvalue weighted by molar-refractivity contribution is 9.13. The van der Waals surface area contributed by atoms with Gasteiger partial charge in [0.2, 0.25) is 0 Å². The first kappa shape index (κ1) is 15.7. The van der Waals surface area contributed by atoms with Crippen LogP contribution >= 0.6 is 59.1 Å². The van der Waals surface area contributed by atoms with Gasteiger partial charge < -0.3 is 5.11 Å². The van der Waals surface area contributed by atoms with Crippen molar-refractivity contribution in [2.24, 2.45) is 0 Å². The molecule has 0 radical (unpaired) electrons. The summed E-state index contributed by atoms with van der Waals surface area (Å²) in [7, 11) is 0. The summed E-state index contributed by atoms with van der Waals surface area (Å²) in [6, 6.07) is 1.95. The third-order valence-corrected chi connectivity index (χ3v) is 7.22. The Balaban J connectivity index is 2.25. The van der Waals surface area contributed by atoms with Crippen molar-refractivity contribution in [3.05, 3.63) is 35.1 Å². The summed E-state index contributed by atoms with van der Waals surface area (Å²) in [6.45, 7) is 4.81. The second-order valence-corrected chi connectivity index (χ2v) is 8.20. The molecule has 2 rings (SSSR count). The fraction of sp³-hybridized carbons (Fsp3) is 0.417. The topological polar surface area (TPSA) is 38.0 Å². The van der Waals surface area contributed by atoms with Crippen LogP contribution in [0, 0.1) is 6.92 Å². The van der Waals surface area contributed by atoms with E-state index in [-0.39, 0.29) is 0 Å². The van der Waals surface area contributed by atoms with E-state index in [1.54, 1.807) is 11.3 Å². The zero-order valence-corrected chi connectivity index (χ0v) is 16.0. The summed E-state index contributed by atoms with van der Waals surface area (Å²) in [5.41, 5.74) is 1.99. The van der Waals surface area contributed by atoms with Crippen molar-refractivity contribution in [1.82, 2.24) is 9.78 Å². The van der Waals surface area contributed by atoms with Crippen molar-refractivity contribution in [3.63, 3.8) is 0 Å². The minimum Gasteiger partial charge on any atom is -0.387 e. The molecule has 0 fully saturated rings. The molecule has 2 aromatic rings. The van der Waals surface area contributed by atoms with Crippen LogP contribution in [0.4, 0.5) is 0 Å². The van der Waals surface area contributed by atoms with E-state index in [9.17, 15) is 5.11 Å². The molecule has 0 aromatic carbocycles. The lowest BCUT2D eigenvalue weighted by atomic mass is 10.1. The predicted octanol–water partition coefficient (Wildman–Crippen LogP) is 4.84.